The molecule has 0 aromatic heterocycles. The van der Waals surface area contributed by atoms with Crippen molar-refractivity contribution in [2.45, 2.75) is 65.7 Å². The number of carbonyl (C=O) groups is 4. The number of nitro benzene ring substituents is 2. The fourth-order valence-electron chi connectivity index (χ4n) is 3.77. The first-order valence-electron chi connectivity index (χ1n) is 15.0. The Morgan fingerprint density at radius 1 is 0.673 bits per heavy atom. The largest absolute Gasteiger partial charge is 0.487 e. The van der Waals surface area contributed by atoms with Crippen LogP contribution in [0.5, 0.6) is 11.5 Å². The molecule has 0 saturated carbocycles. The predicted octanol–water partition coefficient (Wildman–Crippen LogP) is 6.21. The van der Waals surface area contributed by atoms with E-state index in [-0.39, 0.29) is 48.7 Å². The van der Waals surface area contributed by atoms with Crippen LogP contribution in [0.25, 0.3) is 0 Å². The molecule has 0 bridgehead atoms. The molecule has 0 saturated heterocycles. The fraction of sp³-hybridized carbons (Fsp3) is 0.448. The zero-order valence-electron chi connectivity index (χ0n) is 26.8. The van der Waals surface area contributed by atoms with Gasteiger partial charge < -0.3 is 37.4 Å². The van der Waals surface area contributed by atoms with E-state index in [9.17, 15) is 49.2 Å². The van der Waals surface area contributed by atoms with Gasteiger partial charge in [0.1, 0.15) is 0 Å². The van der Waals surface area contributed by atoms with Gasteiger partial charge in [-0.2, -0.15) is 0 Å². The van der Waals surface area contributed by atoms with Crippen LogP contribution in [0.15, 0.2) is 36.4 Å². The van der Waals surface area contributed by atoms with Gasteiger partial charge in [0.05, 0.1) is 34.2 Å². The van der Waals surface area contributed by atoms with Crippen molar-refractivity contribution in [1.29, 1.82) is 0 Å². The molecule has 0 aliphatic carbocycles. The maximum atomic E-state index is 12.8. The van der Waals surface area contributed by atoms with Crippen LogP contribution < -0.4 is 9.47 Å². The van der Waals surface area contributed by atoms with Gasteiger partial charge in [0.25, 0.3) is 0 Å². The Morgan fingerprint density at radius 2 is 1.06 bits per heavy atom. The van der Waals surface area contributed by atoms with E-state index in [1.807, 2.05) is 13.8 Å². The normalized spacial score (nSPS) is 12.5. The second-order valence-electron chi connectivity index (χ2n) is 10.0. The summed E-state index contributed by atoms with van der Waals surface area (Å²) in [5.74, 6) is -7.39. The Hall–Kier alpha value is -4.50. The average Bonchev–Trinajstić information content (AvgIpc) is 3.04. The molecule has 0 radical (unpaired) electrons. The van der Waals surface area contributed by atoms with Crippen molar-refractivity contribution in [3.05, 3.63) is 67.8 Å². The minimum Gasteiger partial charge on any atom is -0.487 e. The maximum Gasteiger partial charge on any atom is 0.465 e. The van der Waals surface area contributed by atoms with E-state index in [4.69, 9.17) is 27.6 Å². The Kier molecular flexibility index (Phi) is 17.2. The summed E-state index contributed by atoms with van der Waals surface area (Å²) in [6.45, 7) is 5.77. The molecule has 2 unspecified atom stereocenters. The quantitative estimate of drug-likeness (QED) is 0.0476. The zero-order chi connectivity index (χ0) is 36.5. The van der Waals surface area contributed by atoms with Crippen molar-refractivity contribution in [3.63, 3.8) is 0 Å². The minimum atomic E-state index is -3.26. The Labute approximate surface area is 282 Å². The summed E-state index contributed by atoms with van der Waals surface area (Å²) >= 11 is 0. The van der Waals surface area contributed by atoms with Gasteiger partial charge in [0.2, 0.25) is 0 Å². The summed E-state index contributed by atoms with van der Waals surface area (Å²) in [4.78, 5) is 92.3. The van der Waals surface area contributed by atoms with E-state index in [2.05, 4.69) is 0 Å². The molecule has 2 N–H and O–H groups in total. The lowest BCUT2D eigenvalue weighted by Gasteiger charge is -2.17. The van der Waals surface area contributed by atoms with Gasteiger partial charge in [0.15, 0.2) is 17.4 Å². The molecule has 0 aliphatic rings. The summed E-state index contributed by atoms with van der Waals surface area (Å²) < 4.78 is 29.8. The van der Waals surface area contributed by atoms with Crippen LogP contribution in [-0.2, 0) is 27.7 Å². The van der Waals surface area contributed by atoms with Gasteiger partial charge in [-0.15, -0.1) is 0 Å². The van der Waals surface area contributed by atoms with Crippen molar-refractivity contribution < 1.29 is 66.4 Å². The monoisotopic (exact) mass is 730 g/mol. The molecule has 0 spiro atoms. The van der Waals surface area contributed by atoms with E-state index in [1.165, 1.54) is 0 Å². The van der Waals surface area contributed by atoms with Crippen molar-refractivity contribution in [2.24, 2.45) is 5.92 Å². The lowest BCUT2D eigenvalue weighted by molar-refractivity contribution is -0.386. The first kappa shape index (κ1) is 40.7. The lowest BCUT2D eigenvalue weighted by atomic mass is 10.0. The third kappa shape index (κ3) is 13.1. The molecule has 2 atom stereocenters. The highest BCUT2D eigenvalue weighted by atomic mass is 31.2. The molecule has 49 heavy (non-hydrogen) atoms. The molecule has 2 aromatic carbocycles. The molecule has 0 amide bonds. The van der Waals surface area contributed by atoms with Crippen LogP contribution in [0.1, 0.15) is 86.4 Å². The lowest BCUT2D eigenvalue weighted by Crippen LogP contribution is -2.26. The van der Waals surface area contributed by atoms with Crippen LogP contribution in [0, 0.1) is 26.1 Å². The predicted molar refractivity (Wildman–Crippen MR) is 171 cm³/mol. The van der Waals surface area contributed by atoms with Gasteiger partial charge in [-0.1, -0.05) is 46.5 Å². The number of unbranched alkanes of at least 4 members (excludes halogenated alkanes) is 3. The van der Waals surface area contributed by atoms with Gasteiger partial charge in [-0.25, -0.2) is 9.59 Å². The van der Waals surface area contributed by atoms with Crippen LogP contribution >= 0.6 is 17.2 Å². The standard InChI is InChI=1S/C29H36N2O16P2/c1-4-7-10-21(28(34)46-48(40)44-26(32)19-11-13-22(30(36)37)24(17-19)42-15-8-5-2)29(35)47-49(41)45-27(33)20-12-14-23(31(38)39)25(18-20)43-16-9-6-3/h11-14,17-18,21,40-41H,4-10,15-16H2,1-3H3. The first-order chi connectivity index (χ1) is 23.3. The van der Waals surface area contributed by atoms with Gasteiger partial charge >= 0.3 is 52.5 Å². The number of hydrogen-bond acceptors (Lipinski definition) is 16. The summed E-state index contributed by atoms with van der Waals surface area (Å²) in [5, 5.41) is 22.6. The highest BCUT2D eigenvalue weighted by Crippen LogP contribution is 2.40. The second kappa shape index (κ2) is 20.8. The molecule has 0 aliphatic heterocycles. The van der Waals surface area contributed by atoms with Gasteiger partial charge in [-0.3, -0.25) is 29.8 Å². The topological polar surface area (TPSA) is 250 Å². The smallest absolute Gasteiger partial charge is 0.465 e. The Balaban J connectivity index is 2.07. The van der Waals surface area contributed by atoms with Crippen LogP contribution in [0.2, 0.25) is 0 Å². The zero-order valence-corrected chi connectivity index (χ0v) is 28.6. The van der Waals surface area contributed by atoms with Crippen LogP contribution in [0.3, 0.4) is 0 Å². The number of nitrogens with zero attached hydrogens (tertiary/aromatic N) is 2. The fourth-order valence-corrected chi connectivity index (χ4v) is 4.91. The number of hydrogen-bond donors (Lipinski definition) is 2. The van der Waals surface area contributed by atoms with Crippen molar-refractivity contribution in [3.8, 4) is 11.5 Å². The summed E-state index contributed by atoms with van der Waals surface area (Å²) in [5.41, 5.74) is -1.36. The number of benzene rings is 2. The van der Waals surface area contributed by atoms with Crippen LogP contribution in [0.4, 0.5) is 11.4 Å². The molecule has 20 heteroatoms. The number of nitro groups is 2. The van der Waals surface area contributed by atoms with Crippen LogP contribution in [-0.4, -0.2) is 56.7 Å². The van der Waals surface area contributed by atoms with E-state index in [0.29, 0.717) is 19.3 Å². The molecule has 0 fully saturated rings. The maximum absolute atomic E-state index is 12.8. The van der Waals surface area contributed by atoms with E-state index < -0.39 is 68.2 Å². The molecular weight excluding hydrogens is 694 g/mol. The van der Waals surface area contributed by atoms with E-state index in [0.717, 1.165) is 49.2 Å². The summed E-state index contributed by atoms with van der Waals surface area (Å²) in [6.07, 6.45) is 3.23. The van der Waals surface area contributed by atoms with Crippen molar-refractivity contribution in [2.75, 3.05) is 13.2 Å². The average molecular weight is 731 g/mol. The summed E-state index contributed by atoms with van der Waals surface area (Å²) in [6, 6.07) is 6.15. The third-order valence-corrected chi connectivity index (χ3v) is 7.69. The highest BCUT2D eigenvalue weighted by Gasteiger charge is 2.36. The van der Waals surface area contributed by atoms with E-state index >= 15 is 0 Å². The molecule has 0 heterocycles. The first-order valence-corrected chi connectivity index (χ1v) is 17.3. The highest BCUT2D eigenvalue weighted by molar-refractivity contribution is 7.42. The molecular formula is C29H36N2O16P2. The van der Waals surface area contributed by atoms with Gasteiger partial charge in [0, 0.05) is 24.3 Å². The Bertz CT molecular complexity index is 1380. The molecule has 268 valence electrons. The molecule has 18 nitrogen and oxygen atoms in total. The number of rotatable bonds is 21. The molecule has 2 rings (SSSR count). The number of ether oxygens (including phenoxy) is 2. The molecule has 2 aromatic rings. The van der Waals surface area contributed by atoms with Gasteiger partial charge in [-0.05, 0) is 31.4 Å². The Morgan fingerprint density at radius 3 is 1.41 bits per heavy atom. The second-order valence-corrected chi connectivity index (χ2v) is 11.7. The third-order valence-electron chi connectivity index (χ3n) is 6.37. The minimum absolute atomic E-state index is 0.136. The van der Waals surface area contributed by atoms with E-state index in [1.54, 1.807) is 6.92 Å². The van der Waals surface area contributed by atoms with Crippen molar-refractivity contribution >= 4 is 52.5 Å². The van der Waals surface area contributed by atoms with Crippen molar-refractivity contribution in [1.82, 2.24) is 0 Å². The SMILES string of the molecule is CCCCOc1cc(C(=O)OP(O)OC(=O)C(CCCC)C(=O)OP(O)OC(=O)c2ccc([N+](=O)[O-])c(OCCCC)c2)ccc1[N+](=O)[O-]. The number of carbonyl (C=O) groups excluding carboxylic acids is 4. The summed E-state index contributed by atoms with van der Waals surface area (Å²) in [7, 11) is -6.53.